The summed E-state index contributed by atoms with van der Waals surface area (Å²) in [6.45, 7) is 1.09. The minimum atomic E-state index is -0.185. The third-order valence-electron chi connectivity index (χ3n) is 4.84. The lowest BCUT2D eigenvalue weighted by Gasteiger charge is -2.11. The summed E-state index contributed by atoms with van der Waals surface area (Å²) < 4.78 is 7.66. The Morgan fingerprint density at radius 3 is 2.35 bits per heavy atom. The van der Waals surface area contributed by atoms with E-state index in [1.54, 1.807) is 24.3 Å². The zero-order chi connectivity index (χ0) is 21.6. The highest BCUT2D eigenvalue weighted by atomic mass is 35.5. The molecular formula is C24H21Cl2N3O2. The fraction of sp³-hybridized carbons (Fsp3) is 0.167. The van der Waals surface area contributed by atoms with E-state index in [0.717, 1.165) is 22.4 Å². The first kappa shape index (κ1) is 21.2. The zero-order valence-electron chi connectivity index (χ0n) is 16.7. The van der Waals surface area contributed by atoms with E-state index in [2.05, 4.69) is 16.0 Å². The SMILES string of the molecule is O=C(COc1ccc(Cl)cc1)NCCc1nc2ccccc2n1Cc1ccc(Cl)cc1. The predicted molar refractivity (Wildman–Crippen MR) is 124 cm³/mol. The molecule has 5 nitrogen and oxygen atoms in total. The Morgan fingerprint density at radius 1 is 0.935 bits per heavy atom. The van der Waals surface area contributed by atoms with Crippen molar-refractivity contribution < 1.29 is 9.53 Å². The molecular weight excluding hydrogens is 433 g/mol. The van der Waals surface area contributed by atoms with Crippen molar-refractivity contribution in [2.45, 2.75) is 13.0 Å². The molecule has 1 heterocycles. The van der Waals surface area contributed by atoms with Crippen molar-refractivity contribution in [1.82, 2.24) is 14.9 Å². The Bertz CT molecular complexity index is 1170. The standard InChI is InChI=1S/C24H21Cl2N3O2/c25-18-7-5-17(6-8-18)15-29-22-4-2-1-3-21(22)28-23(29)13-14-27-24(30)16-31-20-11-9-19(26)10-12-20/h1-12H,13-16H2,(H,27,30). The minimum absolute atomic E-state index is 0.0528. The summed E-state index contributed by atoms with van der Waals surface area (Å²) in [5.74, 6) is 1.33. The first-order chi connectivity index (χ1) is 15.1. The number of hydrogen-bond acceptors (Lipinski definition) is 3. The minimum Gasteiger partial charge on any atom is -0.484 e. The highest BCUT2D eigenvalue weighted by Gasteiger charge is 2.12. The zero-order valence-corrected chi connectivity index (χ0v) is 18.2. The van der Waals surface area contributed by atoms with Crippen LogP contribution in [0.25, 0.3) is 11.0 Å². The fourth-order valence-corrected chi connectivity index (χ4v) is 3.56. The van der Waals surface area contributed by atoms with Gasteiger partial charge in [-0.15, -0.1) is 0 Å². The number of rotatable bonds is 8. The first-order valence-corrected chi connectivity index (χ1v) is 10.7. The number of carbonyl (C=O) groups excluding carboxylic acids is 1. The average Bonchev–Trinajstić information content (AvgIpc) is 3.12. The summed E-state index contributed by atoms with van der Waals surface area (Å²) >= 11 is 11.9. The summed E-state index contributed by atoms with van der Waals surface area (Å²) in [4.78, 5) is 16.9. The van der Waals surface area contributed by atoms with Crippen LogP contribution >= 0.6 is 23.2 Å². The van der Waals surface area contributed by atoms with Crippen molar-refractivity contribution in [2.75, 3.05) is 13.2 Å². The smallest absolute Gasteiger partial charge is 0.257 e. The van der Waals surface area contributed by atoms with Gasteiger partial charge in [0.05, 0.1) is 11.0 Å². The molecule has 31 heavy (non-hydrogen) atoms. The van der Waals surface area contributed by atoms with Crippen molar-refractivity contribution in [3.63, 3.8) is 0 Å². The quantitative estimate of drug-likeness (QED) is 0.402. The van der Waals surface area contributed by atoms with Gasteiger partial charge in [0.1, 0.15) is 11.6 Å². The van der Waals surface area contributed by atoms with Crippen LogP contribution in [-0.2, 0) is 17.8 Å². The summed E-state index contributed by atoms with van der Waals surface area (Å²) in [5, 5.41) is 4.23. The normalized spacial score (nSPS) is 10.9. The molecule has 0 aliphatic rings. The van der Waals surface area contributed by atoms with Gasteiger partial charge in [0.15, 0.2) is 6.61 Å². The molecule has 0 aliphatic heterocycles. The number of fused-ring (bicyclic) bond motifs is 1. The monoisotopic (exact) mass is 453 g/mol. The number of halogens is 2. The molecule has 1 aromatic heterocycles. The summed E-state index contributed by atoms with van der Waals surface area (Å²) in [5.41, 5.74) is 3.13. The maximum atomic E-state index is 12.2. The molecule has 4 rings (SSSR count). The van der Waals surface area contributed by atoms with Crippen molar-refractivity contribution in [2.24, 2.45) is 0 Å². The van der Waals surface area contributed by atoms with Crippen molar-refractivity contribution in [3.8, 4) is 5.75 Å². The Labute approximate surface area is 190 Å². The van der Waals surface area contributed by atoms with Crippen LogP contribution in [0.2, 0.25) is 10.0 Å². The van der Waals surface area contributed by atoms with Gasteiger partial charge in [-0.3, -0.25) is 4.79 Å². The molecule has 0 spiro atoms. The number of amides is 1. The molecule has 0 fully saturated rings. The molecule has 0 aliphatic carbocycles. The maximum absolute atomic E-state index is 12.2. The van der Waals surface area contributed by atoms with Crippen LogP contribution in [0, 0.1) is 0 Å². The van der Waals surface area contributed by atoms with Crippen LogP contribution in [0.1, 0.15) is 11.4 Å². The van der Waals surface area contributed by atoms with Crippen molar-refractivity contribution >= 4 is 40.1 Å². The predicted octanol–water partition coefficient (Wildman–Crippen LogP) is 5.13. The van der Waals surface area contributed by atoms with E-state index >= 15 is 0 Å². The third kappa shape index (κ3) is 5.57. The second-order valence-corrected chi connectivity index (χ2v) is 7.94. The van der Waals surface area contributed by atoms with Crippen LogP contribution in [-0.4, -0.2) is 28.6 Å². The Hall–Kier alpha value is -3.02. The molecule has 0 radical (unpaired) electrons. The summed E-state index contributed by atoms with van der Waals surface area (Å²) in [7, 11) is 0. The van der Waals surface area contributed by atoms with Crippen LogP contribution in [0.5, 0.6) is 5.75 Å². The molecule has 158 valence electrons. The van der Waals surface area contributed by atoms with Crippen LogP contribution in [0.3, 0.4) is 0 Å². The molecule has 1 N–H and O–H groups in total. The lowest BCUT2D eigenvalue weighted by atomic mass is 10.2. The Morgan fingerprint density at radius 2 is 1.61 bits per heavy atom. The van der Waals surface area contributed by atoms with E-state index in [9.17, 15) is 4.79 Å². The molecule has 4 aromatic rings. The van der Waals surface area contributed by atoms with Crippen LogP contribution in [0.4, 0.5) is 0 Å². The second kappa shape index (κ2) is 9.86. The Kier molecular flexibility index (Phi) is 6.75. The van der Waals surface area contributed by atoms with Gasteiger partial charge in [-0.1, -0.05) is 47.5 Å². The number of para-hydroxylation sites is 2. The van der Waals surface area contributed by atoms with E-state index in [0.29, 0.717) is 35.3 Å². The van der Waals surface area contributed by atoms with Gasteiger partial charge in [0.25, 0.3) is 5.91 Å². The molecule has 1 amide bonds. The highest BCUT2D eigenvalue weighted by Crippen LogP contribution is 2.19. The molecule has 3 aromatic carbocycles. The van der Waals surface area contributed by atoms with E-state index in [4.69, 9.17) is 32.9 Å². The van der Waals surface area contributed by atoms with Crippen molar-refractivity contribution in [1.29, 1.82) is 0 Å². The number of carbonyl (C=O) groups is 1. The first-order valence-electron chi connectivity index (χ1n) is 9.92. The molecule has 0 unspecified atom stereocenters. The number of benzene rings is 3. The fourth-order valence-electron chi connectivity index (χ4n) is 3.31. The van der Waals surface area contributed by atoms with Gasteiger partial charge in [-0.2, -0.15) is 0 Å². The molecule has 7 heteroatoms. The second-order valence-electron chi connectivity index (χ2n) is 7.07. The van der Waals surface area contributed by atoms with Crippen LogP contribution < -0.4 is 10.1 Å². The Balaban J connectivity index is 1.39. The van der Waals surface area contributed by atoms with E-state index in [1.807, 2.05) is 42.5 Å². The van der Waals surface area contributed by atoms with E-state index < -0.39 is 0 Å². The molecule has 0 saturated heterocycles. The summed E-state index contributed by atoms with van der Waals surface area (Å²) in [6, 6.07) is 22.7. The van der Waals surface area contributed by atoms with Gasteiger partial charge in [-0.05, 0) is 54.1 Å². The van der Waals surface area contributed by atoms with Crippen molar-refractivity contribution in [3.05, 3.63) is 94.2 Å². The number of aromatic nitrogens is 2. The molecule has 0 bridgehead atoms. The molecule has 0 atom stereocenters. The number of ether oxygens (including phenoxy) is 1. The topological polar surface area (TPSA) is 56.1 Å². The largest absolute Gasteiger partial charge is 0.484 e. The average molecular weight is 454 g/mol. The van der Waals surface area contributed by atoms with E-state index in [-0.39, 0.29) is 12.5 Å². The van der Waals surface area contributed by atoms with Crippen LogP contribution in [0.15, 0.2) is 72.8 Å². The molecule has 0 saturated carbocycles. The number of imidazole rings is 1. The lowest BCUT2D eigenvalue weighted by Crippen LogP contribution is -2.31. The van der Waals surface area contributed by atoms with Gasteiger partial charge in [-0.25, -0.2) is 4.98 Å². The van der Waals surface area contributed by atoms with Gasteiger partial charge < -0.3 is 14.6 Å². The summed E-state index contributed by atoms with van der Waals surface area (Å²) in [6.07, 6.45) is 0.606. The lowest BCUT2D eigenvalue weighted by molar-refractivity contribution is -0.123. The van der Waals surface area contributed by atoms with Gasteiger partial charge >= 0.3 is 0 Å². The van der Waals surface area contributed by atoms with Gasteiger partial charge in [0, 0.05) is 29.6 Å². The van der Waals surface area contributed by atoms with Gasteiger partial charge in [0.2, 0.25) is 0 Å². The number of nitrogens with zero attached hydrogens (tertiary/aromatic N) is 2. The third-order valence-corrected chi connectivity index (χ3v) is 5.35. The number of nitrogens with one attached hydrogen (secondary N) is 1. The van der Waals surface area contributed by atoms with E-state index in [1.165, 1.54) is 0 Å². The maximum Gasteiger partial charge on any atom is 0.257 e. The highest BCUT2D eigenvalue weighted by molar-refractivity contribution is 6.30. The number of hydrogen-bond donors (Lipinski definition) is 1.